The summed E-state index contributed by atoms with van der Waals surface area (Å²) in [5, 5.41) is 5.06. The SMILES string of the molecule is Cc1c(NC(=O)[C@H](C)OC(=O)CNC(=O)c2ccc(C(C)(C)C)cc2)c(=O)n(-c2ccccc2)n1C. The molecule has 190 valence electrons. The number of anilines is 1. The molecule has 0 aliphatic rings. The van der Waals surface area contributed by atoms with Crippen LogP contribution >= 0.6 is 0 Å². The van der Waals surface area contributed by atoms with E-state index >= 15 is 0 Å². The second-order valence-corrected chi connectivity index (χ2v) is 9.57. The Labute approximate surface area is 210 Å². The molecule has 0 saturated carbocycles. The number of carbonyl (C=O) groups excluding carboxylic acids is 3. The molecule has 0 bridgehead atoms. The molecule has 0 fully saturated rings. The summed E-state index contributed by atoms with van der Waals surface area (Å²) in [6.07, 6.45) is -1.18. The maximum absolute atomic E-state index is 13.0. The van der Waals surface area contributed by atoms with Gasteiger partial charge in [0.15, 0.2) is 6.10 Å². The van der Waals surface area contributed by atoms with Crippen molar-refractivity contribution in [3.8, 4) is 5.69 Å². The van der Waals surface area contributed by atoms with Crippen LogP contribution in [0, 0.1) is 6.92 Å². The first kappa shape index (κ1) is 26.5. The van der Waals surface area contributed by atoms with Crippen LogP contribution in [0.25, 0.3) is 5.69 Å². The number of benzene rings is 2. The monoisotopic (exact) mass is 492 g/mol. The van der Waals surface area contributed by atoms with E-state index in [2.05, 4.69) is 31.4 Å². The Kier molecular flexibility index (Phi) is 7.82. The molecule has 9 heteroatoms. The highest BCUT2D eigenvalue weighted by Crippen LogP contribution is 2.22. The Balaban J connectivity index is 1.58. The highest BCUT2D eigenvalue weighted by atomic mass is 16.5. The number of rotatable bonds is 7. The summed E-state index contributed by atoms with van der Waals surface area (Å²) in [5.74, 6) is -1.85. The van der Waals surface area contributed by atoms with E-state index < -0.39 is 36.0 Å². The van der Waals surface area contributed by atoms with Crippen LogP contribution in [0.15, 0.2) is 59.4 Å². The molecule has 1 atom stereocenters. The van der Waals surface area contributed by atoms with Gasteiger partial charge < -0.3 is 15.4 Å². The van der Waals surface area contributed by atoms with Crippen molar-refractivity contribution in [1.29, 1.82) is 0 Å². The van der Waals surface area contributed by atoms with Crippen molar-refractivity contribution in [3.63, 3.8) is 0 Å². The molecule has 0 spiro atoms. The molecule has 1 heterocycles. The van der Waals surface area contributed by atoms with Crippen molar-refractivity contribution >= 4 is 23.5 Å². The van der Waals surface area contributed by atoms with Gasteiger partial charge in [-0.1, -0.05) is 51.1 Å². The maximum atomic E-state index is 13.0. The lowest BCUT2D eigenvalue weighted by Gasteiger charge is -2.19. The lowest BCUT2D eigenvalue weighted by atomic mass is 9.87. The van der Waals surface area contributed by atoms with E-state index in [4.69, 9.17) is 4.74 Å². The number of para-hydroxylation sites is 1. The standard InChI is InChI=1S/C27H32N4O5/c1-17-23(26(35)31(30(17)6)21-10-8-7-9-11-21)29-24(33)18(2)36-22(32)16-28-25(34)19-12-14-20(15-13-19)27(3,4)5/h7-15,18H,16H2,1-6H3,(H,28,34)(H,29,33)/t18-/m0/s1. The van der Waals surface area contributed by atoms with Gasteiger partial charge in [0.1, 0.15) is 12.2 Å². The number of hydrogen-bond acceptors (Lipinski definition) is 5. The van der Waals surface area contributed by atoms with E-state index in [-0.39, 0.29) is 11.1 Å². The number of amides is 2. The molecule has 36 heavy (non-hydrogen) atoms. The largest absolute Gasteiger partial charge is 0.451 e. The smallest absolute Gasteiger partial charge is 0.326 e. The Morgan fingerprint density at radius 2 is 1.61 bits per heavy atom. The lowest BCUT2D eigenvalue weighted by molar-refractivity contribution is -0.152. The minimum absolute atomic E-state index is 0.0392. The number of aromatic nitrogens is 2. The normalized spacial score (nSPS) is 12.1. The molecule has 9 nitrogen and oxygen atoms in total. The molecular weight excluding hydrogens is 460 g/mol. The van der Waals surface area contributed by atoms with Gasteiger partial charge in [-0.3, -0.25) is 23.9 Å². The van der Waals surface area contributed by atoms with Gasteiger partial charge in [0.2, 0.25) is 0 Å². The van der Waals surface area contributed by atoms with Gasteiger partial charge in [-0.25, -0.2) is 4.68 Å². The molecule has 0 unspecified atom stereocenters. The van der Waals surface area contributed by atoms with Gasteiger partial charge in [0, 0.05) is 12.6 Å². The van der Waals surface area contributed by atoms with E-state index in [0.29, 0.717) is 16.9 Å². The van der Waals surface area contributed by atoms with E-state index in [1.54, 1.807) is 42.9 Å². The van der Waals surface area contributed by atoms with Crippen LogP contribution in [0.3, 0.4) is 0 Å². The Morgan fingerprint density at radius 3 is 2.19 bits per heavy atom. The molecule has 3 aromatic rings. The average molecular weight is 493 g/mol. The van der Waals surface area contributed by atoms with Crippen molar-refractivity contribution in [2.24, 2.45) is 7.05 Å². The van der Waals surface area contributed by atoms with E-state index in [1.165, 1.54) is 11.6 Å². The topological polar surface area (TPSA) is 111 Å². The van der Waals surface area contributed by atoms with Crippen LogP contribution in [0.1, 0.15) is 49.3 Å². The highest BCUT2D eigenvalue weighted by molar-refractivity contribution is 5.97. The second kappa shape index (κ2) is 10.6. The molecule has 3 rings (SSSR count). The molecular formula is C27H32N4O5. The maximum Gasteiger partial charge on any atom is 0.326 e. The third-order valence-electron chi connectivity index (χ3n) is 5.89. The molecule has 2 aromatic carbocycles. The van der Waals surface area contributed by atoms with Gasteiger partial charge >= 0.3 is 5.97 Å². The van der Waals surface area contributed by atoms with Crippen LogP contribution in [-0.2, 0) is 26.8 Å². The van der Waals surface area contributed by atoms with E-state index in [0.717, 1.165) is 5.56 Å². The van der Waals surface area contributed by atoms with Crippen LogP contribution in [-0.4, -0.2) is 39.8 Å². The third-order valence-corrected chi connectivity index (χ3v) is 5.89. The number of esters is 1. The molecule has 0 aliphatic heterocycles. The first-order valence-electron chi connectivity index (χ1n) is 11.6. The molecule has 1 aromatic heterocycles. The summed E-state index contributed by atoms with van der Waals surface area (Å²) in [6.45, 7) is 8.93. The predicted octanol–water partition coefficient (Wildman–Crippen LogP) is 3.08. The van der Waals surface area contributed by atoms with E-state index in [9.17, 15) is 19.2 Å². The number of hydrogen-bond donors (Lipinski definition) is 2. The van der Waals surface area contributed by atoms with Crippen LogP contribution < -0.4 is 16.2 Å². The summed E-state index contributed by atoms with van der Waals surface area (Å²) in [6, 6.07) is 16.2. The van der Waals surface area contributed by atoms with Gasteiger partial charge in [-0.15, -0.1) is 0 Å². The van der Waals surface area contributed by atoms with Crippen LogP contribution in [0.2, 0.25) is 0 Å². The van der Waals surface area contributed by atoms with Crippen molar-refractivity contribution < 1.29 is 19.1 Å². The first-order chi connectivity index (χ1) is 16.9. The molecule has 0 saturated heterocycles. The molecule has 2 N–H and O–H groups in total. The minimum Gasteiger partial charge on any atom is -0.451 e. The lowest BCUT2D eigenvalue weighted by Crippen LogP contribution is -2.36. The zero-order chi connectivity index (χ0) is 26.6. The molecule has 0 radical (unpaired) electrons. The first-order valence-corrected chi connectivity index (χ1v) is 11.6. The molecule has 2 amide bonds. The summed E-state index contributed by atoms with van der Waals surface area (Å²) < 4.78 is 8.22. The zero-order valence-electron chi connectivity index (χ0n) is 21.4. The van der Waals surface area contributed by atoms with Gasteiger partial charge in [-0.05, 0) is 49.1 Å². The van der Waals surface area contributed by atoms with Crippen molar-refractivity contribution in [2.75, 3.05) is 11.9 Å². The summed E-state index contributed by atoms with van der Waals surface area (Å²) in [4.78, 5) is 50.2. The highest BCUT2D eigenvalue weighted by Gasteiger charge is 2.23. The average Bonchev–Trinajstić information content (AvgIpc) is 3.05. The Bertz CT molecular complexity index is 1320. The minimum atomic E-state index is -1.18. The van der Waals surface area contributed by atoms with Crippen molar-refractivity contribution in [3.05, 3.63) is 81.8 Å². The van der Waals surface area contributed by atoms with Crippen molar-refractivity contribution in [1.82, 2.24) is 14.7 Å². The van der Waals surface area contributed by atoms with Crippen LogP contribution in [0.5, 0.6) is 0 Å². The van der Waals surface area contributed by atoms with Crippen molar-refractivity contribution in [2.45, 2.75) is 46.1 Å². The number of carbonyl (C=O) groups is 3. The van der Waals surface area contributed by atoms with Crippen LogP contribution in [0.4, 0.5) is 5.69 Å². The number of ether oxygens (including phenoxy) is 1. The number of nitrogens with one attached hydrogen (secondary N) is 2. The predicted molar refractivity (Wildman–Crippen MR) is 137 cm³/mol. The molecule has 0 aliphatic carbocycles. The fraction of sp³-hybridized carbons (Fsp3) is 0.333. The zero-order valence-corrected chi connectivity index (χ0v) is 21.4. The second-order valence-electron chi connectivity index (χ2n) is 9.57. The van der Waals surface area contributed by atoms with Gasteiger partial charge in [-0.2, -0.15) is 0 Å². The fourth-order valence-corrected chi connectivity index (χ4v) is 3.61. The summed E-state index contributed by atoms with van der Waals surface area (Å²) >= 11 is 0. The van der Waals surface area contributed by atoms with Gasteiger partial charge in [0.05, 0.1) is 11.4 Å². The summed E-state index contributed by atoms with van der Waals surface area (Å²) in [5.41, 5.74) is 2.34. The summed E-state index contributed by atoms with van der Waals surface area (Å²) in [7, 11) is 1.71. The van der Waals surface area contributed by atoms with Gasteiger partial charge in [0.25, 0.3) is 17.4 Å². The Hall–Kier alpha value is -4.14. The quantitative estimate of drug-likeness (QED) is 0.493. The third kappa shape index (κ3) is 5.91. The number of nitrogens with zero attached hydrogens (tertiary/aromatic N) is 2. The Morgan fingerprint density at radius 1 is 1.00 bits per heavy atom. The fourth-order valence-electron chi connectivity index (χ4n) is 3.61. The van der Waals surface area contributed by atoms with E-state index in [1.807, 2.05) is 30.3 Å².